The lowest BCUT2D eigenvalue weighted by atomic mass is 10.1. The molecular formula is C15H14ClIN2O2. The van der Waals surface area contributed by atoms with Crippen LogP contribution in [0.3, 0.4) is 0 Å². The van der Waals surface area contributed by atoms with E-state index in [1.54, 1.807) is 17.8 Å². The van der Waals surface area contributed by atoms with Gasteiger partial charge in [0.05, 0.1) is 29.2 Å². The SMILES string of the molecule is CCOC(=O)c1cnn(-c2cc(I)ccc2Cl)c1C1CC1. The Morgan fingerprint density at radius 3 is 2.95 bits per heavy atom. The number of halogens is 2. The largest absolute Gasteiger partial charge is 0.462 e. The van der Waals surface area contributed by atoms with Crippen molar-refractivity contribution in [2.24, 2.45) is 0 Å². The van der Waals surface area contributed by atoms with E-state index in [-0.39, 0.29) is 5.97 Å². The van der Waals surface area contributed by atoms with Gasteiger partial charge in [0.25, 0.3) is 0 Å². The van der Waals surface area contributed by atoms with Crippen molar-refractivity contribution in [3.8, 4) is 5.69 Å². The summed E-state index contributed by atoms with van der Waals surface area (Å²) in [6.45, 7) is 2.16. The van der Waals surface area contributed by atoms with E-state index in [2.05, 4.69) is 27.7 Å². The van der Waals surface area contributed by atoms with Crippen LogP contribution in [0.5, 0.6) is 0 Å². The fourth-order valence-corrected chi connectivity index (χ4v) is 2.99. The summed E-state index contributed by atoms with van der Waals surface area (Å²) in [6, 6.07) is 5.76. The molecule has 1 aromatic carbocycles. The Labute approximate surface area is 141 Å². The Hall–Kier alpha value is -1.08. The molecule has 21 heavy (non-hydrogen) atoms. The Morgan fingerprint density at radius 1 is 1.52 bits per heavy atom. The number of rotatable bonds is 4. The smallest absolute Gasteiger partial charge is 0.341 e. The molecule has 6 heteroatoms. The molecule has 110 valence electrons. The van der Waals surface area contributed by atoms with Crippen molar-refractivity contribution in [1.82, 2.24) is 9.78 Å². The molecule has 0 bridgehead atoms. The molecule has 2 aromatic rings. The molecule has 1 aliphatic carbocycles. The van der Waals surface area contributed by atoms with E-state index in [9.17, 15) is 4.79 Å². The number of hydrogen-bond donors (Lipinski definition) is 0. The zero-order valence-electron chi connectivity index (χ0n) is 11.5. The monoisotopic (exact) mass is 416 g/mol. The third kappa shape index (κ3) is 2.94. The molecular weight excluding hydrogens is 403 g/mol. The molecule has 0 unspecified atom stereocenters. The minimum absolute atomic E-state index is 0.313. The second-order valence-electron chi connectivity index (χ2n) is 4.95. The molecule has 1 aromatic heterocycles. The maximum atomic E-state index is 12.1. The highest BCUT2D eigenvalue weighted by molar-refractivity contribution is 14.1. The lowest BCUT2D eigenvalue weighted by Crippen LogP contribution is -2.09. The number of carbonyl (C=O) groups excluding carboxylic acids is 1. The summed E-state index contributed by atoms with van der Waals surface area (Å²) < 4.78 is 7.98. The summed E-state index contributed by atoms with van der Waals surface area (Å²) >= 11 is 8.53. The molecule has 4 nitrogen and oxygen atoms in total. The first-order chi connectivity index (χ1) is 10.1. The first kappa shape index (κ1) is 14.8. The number of carbonyl (C=O) groups is 1. The predicted molar refractivity (Wildman–Crippen MR) is 89.2 cm³/mol. The fourth-order valence-electron chi connectivity index (χ4n) is 2.31. The van der Waals surface area contributed by atoms with Crippen molar-refractivity contribution in [1.29, 1.82) is 0 Å². The summed E-state index contributed by atoms with van der Waals surface area (Å²) in [5, 5.41) is 5.00. The number of nitrogens with zero attached hydrogens (tertiary/aromatic N) is 2. The average molecular weight is 417 g/mol. The van der Waals surface area contributed by atoms with E-state index < -0.39 is 0 Å². The Balaban J connectivity index is 2.11. The van der Waals surface area contributed by atoms with E-state index in [0.717, 1.165) is 27.8 Å². The third-order valence-corrected chi connectivity index (χ3v) is 4.39. The minimum atomic E-state index is -0.313. The highest BCUT2D eigenvalue weighted by Gasteiger charge is 2.33. The third-order valence-electron chi connectivity index (χ3n) is 3.40. The van der Waals surface area contributed by atoms with Gasteiger partial charge in [0.15, 0.2) is 0 Å². The van der Waals surface area contributed by atoms with Crippen molar-refractivity contribution in [2.45, 2.75) is 25.7 Å². The molecule has 3 rings (SSSR count). The van der Waals surface area contributed by atoms with Gasteiger partial charge < -0.3 is 4.74 Å². The summed E-state index contributed by atoms with van der Waals surface area (Å²) in [6.07, 6.45) is 3.72. The predicted octanol–water partition coefficient (Wildman–Crippen LogP) is 4.18. The van der Waals surface area contributed by atoms with E-state index >= 15 is 0 Å². The van der Waals surface area contributed by atoms with Crippen molar-refractivity contribution in [3.63, 3.8) is 0 Å². The summed E-state index contributed by atoms with van der Waals surface area (Å²) in [7, 11) is 0. The fraction of sp³-hybridized carbons (Fsp3) is 0.333. The zero-order valence-corrected chi connectivity index (χ0v) is 14.4. The van der Waals surface area contributed by atoms with Gasteiger partial charge in [0, 0.05) is 9.49 Å². The van der Waals surface area contributed by atoms with E-state index in [1.165, 1.54) is 0 Å². The normalized spacial score (nSPS) is 14.2. The van der Waals surface area contributed by atoms with Crippen LogP contribution in [0.1, 0.15) is 41.7 Å². The number of esters is 1. The van der Waals surface area contributed by atoms with Gasteiger partial charge in [-0.3, -0.25) is 0 Å². The van der Waals surface area contributed by atoms with Crippen LogP contribution < -0.4 is 0 Å². The maximum Gasteiger partial charge on any atom is 0.341 e. The van der Waals surface area contributed by atoms with E-state index in [4.69, 9.17) is 16.3 Å². The van der Waals surface area contributed by atoms with Gasteiger partial charge in [0.1, 0.15) is 5.56 Å². The van der Waals surface area contributed by atoms with Crippen molar-refractivity contribution < 1.29 is 9.53 Å². The van der Waals surface area contributed by atoms with Crippen LogP contribution in [0.2, 0.25) is 5.02 Å². The highest BCUT2D eigenvalue weighted by Crippen LogP contribution is 2.43. The first-order valence-electron chi connectivity index (χ1n) is 6.82. The Morgan fingerprint density at radius 2 is 2.29 bits per heavy atom. The summed E-state index contributed by atoms with van der Waals surface area (Å²) in [5.41, 5.74) is 2.27. The zero-order chi connectivity index (χ0) is 15.0. The number of aromatic nitrogens is 2. The molecule has 1 heterocycles. The van der Waals surface area contributed by atoms with Crippen LogP contribution in [0.25, 0.3) is 5.69 Å². The van der Waals surface area contributed by atoms with Gasteiger partial charge in [-0.2, -0.15) is 5.10 Å². The molecule has 0 spiro atoms. The van der Waals surface area contributed by atoms with Crippen LogP contribution >= 0.6 is 34.2 Å². The minimum Gasteiger partial charge on any atom is -0.462 e. The first-order valence-corrected chi connectivity index (χ1v) is 8.28. The molecule has 0 amide bonds. The van der Waals surface area contributed by atoms with E-state index in [1.807, 2.05) is 18.2 Å². The van der Waals surface area contributed by atoms with Crippen molar-refractivity contribution >= 4 is 40.2 Å². The van der Waals surface area contributed by atoms with Crippen LogP contribution in [0, 0.1) is 3.57 Å². The maximum absolute atomic E-state index is 12.1. The van der Waals surface area contributed by atoms with Gasteiger partial charge in [-0.15, -0.1) is 0 Å². The molecule has 1 fully saturated rings. The summed E-state index contributed by atoms with van der Waals surface area (Å²) in [4.78, 5) is 12.1. The van der Waals surface area contributed by atoms with Gasteiger partial charge in [-0.25, -0.2) is 9.48 Å². The Bertz CT molecular complexity index is 695. The quantitative estimate of drug-likeness (QED) is 0.555. The molecule has 0 radical (unpaired) electrons. The van der Waals surface area contributed by atoms with Gasteiger partial charge in [-0.05, 0) is 60.6 Å². The topological polar surface area (TPSA) is 44.1 Å². The summed E-state index contributed by atoms with van der Waals surface area (Å²) in [5.74, 6) is 0.0493. The molecule has 1 saturated carbocycles. The lowest BCUT2D eigenvalue weighted by molar-refractivity contribution is 0.0525. The van der Waals surface area contributed by atoms with Crippen LogP contribution in [-0.2, 0) is 4.74 Å². The van der Waals surface area contributed by atoms with Gasteiger partial charge >= 0.3 is 5.97 Å². The number of ether oxygens (including phenoxy) is 1. The van der Waals surface area contributed by atoms with E-state index in [0.29, 0.717) is 23.1 Å². The lowest BCUT2D eigenvalue weighted by Gasteiger charge is -2.10. The second kappa shape index (κ2) is 5.96. The van der Waals surface area contributed by atoms with Gasteiger partial charge in [-0.1, -0.05) is 11.6 Å². The van der Waals surface area contributed by atoms with Crippen LogP contribution in [0.15, 0.2) is 24.4 Å². The molecule has 0 N–H and O–H groups in total. The number of hydrogen-bond acceptors (Lipinski definition) is 3. The molecule has 1 aliphatic rings. The molecule has 0 atom stereocenters. The van der Waals surface area contributed by atoms with Crippen LogP contribution in [-0.4, -0.2) is 22.4 Å². The molecule has 0 saturated heterocycles. The average Bonchev–Trinajstić information content (AvgIpc) is 3.20. The Kier molecular flexibility index (Phi) is 4.21. The van der Waals surface area contributed by atoms with Crippen molar-refractivity contribution in [2.75, 3.05) is 6.61 Å². The van der Waals surface area contributed by atoms with Crippen LogP contribution in [0.4, 0.5) is 0 Å². The standard InChI is InChI=1S/C15H14ClIN2O2/c1-2-21-15(20)11-8-18-19(14(11)9-3-4-9)13-7-10(17)5-6-12(13)16/h5-9H,2-4H2,1H3. The second-order valence-corrected chi connectivity index (χ2v) is 6.60. The number of benzene rings is 1. The highest BCUT2D eigenvalue weighted by atomic mass is 127. The van der Waals surface area contributed by atoms with Crippen molar-refractivity contribution in [3.05, 3.63) is 44.2 Å². The van der Waals surface area contributed by atoms with Gasteiger partial charge in [0.2, 0.25) is 0 Å². The molecule has 0 aliphatic heterocycles.